The van der Waals surface area contributed by atoms with Gasteiger partial charge in [-0.25, -0.2) is 0 Å². The summed E-state index contributed by atoms with van der Waals surface area (Å²) >= 11 is 0. The van der Waals surface area contributed by atoms with E-state index in [1.807, 2.05) is 4.90 Å². The van der Waals surface area contributed by atoms with E-state index in [0.717, 1.165) is 13.0 Å². The van der Waals surface area contributed by atoms with E-state index in [-0.39, 0.29) is 11.9 Å². The quantitative estimate of drug-likeness (QED) is 0.888. The average Bonchev–Trinajstić information content (AvgIpc) is 2.39. The Morgan fingerprint density at radius 2 is 2.00 bits per heavy atom. The molecule has 3 atom stereocenters. The Kier molecular flexibility index (Phi) is 4.25. The molecule has 1 amide bonds. The van der Waals surface area contributed by atoms with Gasteiger partial charge in [0.15, 0.2) is 0 Å². The third-order valence-electron chi connectivity index (χ3n) is 4.02. The summed E-state index contributed by atoms with van der Waals surface area (Å²) in [5.74, 6) is 0.552. The standard InChI is InChI=1S/C16H24N2O/c1-11-6-8-14(9-7-11)15-12(2)5-4-10-18(15)16(19)13(3)17/h6-9,12-13,15H,4-5,10,17H2,1-3H3/t12?,13-,15?/m1/s1. The Balaban J connectivity index is 2.30. The number of carbonyl (C=O) groups excluding carboxylic acids is 1. The van der Waals surface area contributed by atoms with Gasteiger partial charge >= 0.3 is 0 Å². The molecule has 1 saturated heterocycles. The van der Waals surface area contributed by atoms with Crippen molar-refractivity contribution >= 4 is 5.91 Å². The van der Waals surface area contributed by atoms with Crippen LogP contribution in [0.4, 0.5) is 0 Å². The number of hydrogen-bond donors (Lipinski definition) is 1. The van der Waals surface area contributed by atoms with Crippen molar-refractivity contribution in [2.45, 2.75) is 45.7 Å². The van der Waals surface area contributed by atoms with Crippen molar-refractivity contribution in [2.75, 3.05) is 6.54 Å². The van der Waals surface area contributed by atoms with Gasteiger partial charge in [-0.1, -0.05) is 36.8 Å². The van der Waals surface area contributed by atoms with Crippen LogP contribution in [-0.2, 0) is 4.79 Å². The monoisotopic (exact) mass is 260 g/mol. The number of benzene rings is 1. The van der Waals surface area contributed by atoms with E-state index in [4.69, 9.17) is 5.73 Å². The van der Waals surface area contributed by atoms with Crippen LogP contribution in [0.2, 0.25) is 0 Å². The van der Waals surface area contributed by atoms with Gasteiger partial charge in [0.25, 0.3) is 0 Å². The summed E-state index contributed by atoms with van der Waals surface area (Å²) in [4.78, 5) is 14.3. The highest BCUT2D eigenvalue weighted by Crippen LogP contribution is 2.36. The van der Waals surface area contributed by atoms with Crippen molar-refractivity contribution < 1.29 is 4.79 Å². The molecule has 3 nitrogen and oxygen atoms in total. The minimum Gasteiger partial charge on any atom is -0.334 e. The lowest BCUT2D eigenvalue weighted by Crippen LogP contribution is -2.48. The number of carbonyl (C=O) groups is 1. The predicted octanol–water partition coefficient (Wildman–Crippen LogP) is 2.64. The van der Waals surface area contributed by atoms with E-state index >= 15 is 0 Å². The molecular weight excluding hydrogens is 236 g/mol. The van der Waals surface area contributed by atoms with E-state index in [0.29, 0.717) is 5.92 Å². The van der Waals surface area contributed by atoms with Crippen LogP contribution < -0.4 is 5.73 Å². The third-order valence-corrected chi connectivity index (χ3v) is 4.02. The Hall–Kier alpha value is -1.35. The zero-order valence-corrected chi connectivity index (χ0v) is 12.1. The molecule has 2 unspecified atom stereocenters. The first kappa shape index (κ1) is 14.1. The molecule has 19 heavy (non-hydrogen) atoms. The van der Waals surface area contributed by atoms with Crippen LogP contribution in [0.25, 0.3) is 0 Å². The number of hydrogen-bond acceptors (Lipinski definition) is 2. The number of aryl methyl sites for hydroxylation is 1. The summed E-state index contributed by atoms with van der Waals surface area (Å²) in [6.07, 6.45) is 2.24. The Labute approximate surface area is 115 Å². The highest BCUT2D eigenvalue weighted by atomic mass is 16.2. The average molecular weight is 260 g/mol. The minimum absolute atomic E-state index is 0.0668. The molecule has 2 N–H and O–H groups in total. The van der Waals surface area contributed by atoms with Crippen molar-refractivity contribution in [3.8, 4) is 0 Å². The molecule has 0 saturated carbocycles. The maximum atomic E-state index is 12.3. The molecule has 0 radical (unpaired) electrons. The van der Waals surface area contributed by atoms with Gasteiger partial charge in [0.1, 0.15) is 0 Å². The molecule has 104 valence electrons. The summed E-state index contributed by atoms with van der Waals surface area (Å²) in [5.41, 5.74) is 8.26. The Bertz CT molecular complexity index is 439. The molecule has 1 aliphatic rings. The third kappa shape index (κ3) is 2.98. The van der Waals surface area contributed by atoms with E-state index in [1.54, 1.807) is 6.92 Å². The van der Waals surface area contributed by atoms with Gasteiger partial charge in [-0.2, -0.15) is 0 Å². The van der Waals surface area contributed by atoms with Gasteiger partial charge in [0, 0.05) is 6.54 Å². The topological polar surface area (TPSA) is 46.3 Å². The van der Waals surface area contributed by atoms with Crippen LogP contribution in [-0.4, -0.2) is 23.4 Å². The summed E-state index contributed by atoms with van der Waals surface area (Å²) in [6.45, 7) is 6.90. The van der Waals surface area contributed by atoms with E-state index in [2.05, 4.69) is 38.1 Å². The second kappa shape index (κ2) is 5.74. The summed E-state index contributed by atoms with van der Waals surface area (Å²) < 4.78 is 0. The maximum absolute atomic E-state index is 12.3. The van der Waals surface area contributed by atoms with Gasteiger partial charge < -0.3 is 10.6 Å². The van der Waals surface area contributed by atoms with E-state index in [1.165, 1.54) is 17.5 Å². The van der Waals surface area contributed by atoms with Gasteiger partial charge in [-0.15, -0.1) is 0 Å². The fraction of sp³-hybridized carbons (Fsp3) is 0.562. The fourth-order valence-corrected chi connectivity index (χ4v) is 2.97. The molecule has 1 aromatic rings. The SMILES string of the molecule is Cc1ccc(C2C(C)CCCN2C(=O)[C@@H](C)N)cc1. The molecule has 0 aliphatic carbocycles. The molecule has 1 aliphatic heterocycles. The summed E-state index contributed by atoms with van der Waals surface area (Å²) in [7, 11) is 0. The number of piperidine rings is 1. The van der Waals surface area contributed by atoms with Crippen molar-refractivity contribution in [1.82, 2.24) is 4.90 Å². The number of nitrogens with two attached hydrogens (primary N) is 1. The zero-order chi connectivity index (χ0) is 14.0. The zero-order valence-electron chi connectivity index (χ0n) is 12.1. The van der Waals surface area contributed by atoms with Crippen LogP contribution in [0, 0.1) is 12.8 Å². The lowest BCUT2D eigenvalue weighted by Gasteiger charge is -2.41. The molecular formula is C16H24N2O. The largest absolute Gasteiger partial charge is 0.334 e. The van der Waals surface area contributed by atoms with Crippen molar-refractivity contribution in [3.63, 3.8) is 0 Å². The van der Waals surface area contributed by atoms with Gasteiger partial charge in [0.05, 0.1) is 12.1 Å². The highest BCUT2D eigenvalue weighted by Gasteiger charge is 2.33. The van der Waals surface area contributed by atoms with Crippen molar-refractivity contribution in [3.05, 3.63) is 35.4 Å². The first-order chi connectivity index (χ1) is 9.00. The number of amides is 1. The molecule has 1 fully saturated rings. The lowest BCUT2D eigenvalue weighted by molar-refractivity contribution is -0.137. The van der Waals surface area contributed by atoms with Crippen molar-refractivity contribution in [2.24, 2.45) is 11.7 Å². The lowest BCUT2D eigenvalue weighted by atomic mass is 9.85. The van der Waals surface area contributed by atoms with Gasteiger partial charge in [-0.3, -0.25) is 4.79 Å². The molecule has 1 heterocycles. The normalized spacial score (nSPS) is 25.2. The second-order valence-electron chi connectivity index (χ2n) is 5.80. The van der Waals surface area contributed by atoms with Crippen LogP contribution >= 0.6 is 0 Å². The van der Waals surface area contributed by atoms with Crippen LogP contribution in [0.3, 0.4) is 0 Å². The van der Waals surface area contributed by atoms with Gasteiger partial charge in [-0.05, 0) is 38.2 Å². The maximum Gasteiger partial charge on any atom is 0.239 e. The number of nitrogens with zero attached hydrogens (tertiary/aromatic N) is 1. The Morgan fingerprint density at radius 1 is 1.37 bits per heavy atom. The minimum atomic E-state index is -0.418. The molecule has 3 heteroatoms. The molecule has 0 spiro atoms. The van der Waals surface area contributed by atoms with Crippen LogP contribution in [0.5, 0.6) is 0 Å². The molecule has 0 bridgehead atoms. The smallest absolute Gasteiger partial charge is 0.239 e. The first-order valence-corrected chi connectivity index (χ1v) is 7.13. The van der Waals surface area contributed by atoms with E-state index in [9.17, 15) is 4.79 Å². The van der Waals surface area contributed by atoms with Crippen LogP contribution in [0.1, 0.15) is 43.9 Å². The summed E-state index contributed by atoms with van der Waals surface area (Å²) in [6, 6.07) is 8.27. The number of rotatable bonds is 2. The Morgan fingerprint density at radius 3 is 2.58 bits per heavy atom. The van der Waals surface area contributed by atoms with E-state index < -0.39 is 6.04 Å². The highest BCUT2D eigenvalue weighted by molar-refractivity contribution is 5.81. The second-order valence-corrected chi connectivity index (χ2v) is 5.80. The number of likely N-dealkylation sites (tertiary alicyclic amines) is 1. The molecule has 0 aromatic heterocycles. The summed E-state index contributed by atoms with van der Waals surface area (Å²) in [5, 5.41) is 0. The predicted molar refractivity (Wildman–Crippen MR) is 77.7 cm³/mol. The van der Waals surface area contributed by atoms with Crippen molar-refractivity contribution in [1.29, 1.82) is 0 Å². The molecule has 2 rings (SSSR count). The molecule has 1 aromatic carbocycles. The van der Waals surface area contributed by atoms with Gasteiger partial charge in [0.2, 0.25) is 5.91 Å². The first-order valence-electron chi connectivity index (χ1n) is 7.13. The van der Waals surface area contributed by atoms with Crippen LogP contribution in [0.15, 0.2) is 24.3 Å². The fourth-order valence-electron chi connectivity index (χ4n) is 2.97.